The zero-order valence-corrected chi connectivity index (χ0v) is 18.0. The molecule has 7 heteroatoms. The molecule has 1 aromatic heterocycles. The minimum absolute atomic E-state index is 0. The minimum Gasteiger partial charge on any atom is -0.309 e. The highest BCUT2D eigenvalue weighted by atomic mass is 35.5. The van der Waals surface area contributed by atoms with E-state index in [1.54, 1.807) is 4.90 Å². The van der Waals surface area contributed by atoms with Crippen LogP contribution in [0, 0.1) is 6.92 Å². The van der Waals surface area contributed by atoms with Crippen molar-refractivity contribution in [2.75, 3.05) is 32.1 Å². The maximum atomic E-state index is 13.1. The lowest BCUT2D eigenvalue weighted by Gasteiger charge is -2.21. The average Bonchev–Trinajstić information content (AvgIpc) is 3.01. The molecule has 0 fully saturated rings. The summed E-state index contributed by atoms with van der Waals surface area (Å²) in [5.74, 6) is -0.0195. The van der Waals surface area contributed by atoms with Crippen molar-refractivity contribution >= 4 is 56.6 Å². The molecular formula is C20H23Cl2N3OS. The van der Waals surface area contributed by atoms with Gasteiger partial charge in [0.1, 0.15) is 0 Å². The van der Waals surface area contributed by atoms with E-state index < -0.39 is 0 Å². The van der Waals surface area contributed by atoms with Crippen molar-refractivity contribution in [3.8, 4) is 0 Å². The fourth-order valence-corrected chi connectivity index (χ4v) is 3.95. The van der Waals surface area contributed by atoms with E-state index >= 15 is 0 Å². The van der Waals surface area contributed by atoms with Crippen LogP contribution in [0.4, 0.5) is 5.13 Å². The molecule has 0 aliphatic carbocycles. The maximum Gasteiger partial charge on any atom is 0.260 e. The number of carbonyl (C=O) groups is 1. The van der Waals surface area contributed by atoms with Gasteiger partial charge in [-0.15, -0.1) is 12.4 Å². The largest absolute Gasteiger partial charge is 0.309 e. The molecule has 0 saturated carbocycles. The molecule has 0 atom stereocenters. The number of fused-ring (bicyclic) bond motifs is 1. The number of amides is 1. The van der Waals surface area contributed by atoms with Crippen LogP contribution in [0.1, 0.15) is 22.3 Å². The van der Waals surface area contributed by atoms with E-state index in [4.69, 9.17) is 11.6 Å². The molecule has 0 aliphatic rings. The quantitative estimate of drug-likeness (QED) is 0.540. The fourth-order valence-electron chi connectivity index (χ4n) is 2.68. The third-order valence-electron chi connectivity index (χ3n) is 4.10. The summed E-state index contributed by atoms with van der Waals surface area (Å²) in [7, 11) is 4.07. The number of hydrogen-bond acceptors (Lipinski definition) is 4. The van der Waals surface area contributed by atoms with Crippen LogP contribution in [-0.4, -0.2) is 43.0 Å². The Hall–Kier alpha value is -1.66. The Morgan fingerprint density at radius 3 is 2.48 bits per heavy atom. The number of anilines is 1. The third-order valence-corrected chi connectivity index (χ3v) is 5.38. The molecule has 1 amide bonds. The number of nitrogens with zero attached hydrogens (tertiary/aromatic N) is 3. The number of aryl methyl sites for hydroxylation is 1. The molecular weight excluding hydrogens is 401 g/mol. The predicted octanol–water partition coefficient (Wildman–Crippen LogP) is 5.28. The lowest BCUT2D eigenvalue weighted by molar-refractivity contribution is 0.0986. The summed E-state index contributed by atoms with van der Waals surface area (Å²) in [5.41, 5.74) is 2.68. The first-order chi connectivity index (χ1) is 12.4. The molecule has 0 aliphatic heterocycles. The number of benzene rings is 2. The van der Waals surface area contributed by atoms with Crippen LogP contribution >= 0.6 is 35.3 Å². The van der Waals surface area contributed by atoms with Gasteiger partial charge in [0, 0.05) is 17.1 Å². The molecule has 0 spiro atoms. The summed E-state index contributed by atoms with van der Waals surface area (Å²) in [6.45, 7) is 3.55. The van der Waals surface area contributed by atoms with Crippen molar-refractivity contribution in [1.82, 2.24) is 9.88 Å². The standard InChI is InChI=1S/C20H22ClN3OS.ClH/c1-14-5-7-15(8-6-14)19(25)24(12-4-11-23(2)3)20-22-17-10-9-16(21)13-18(17)26-20;/h5-10,13H,4,11-12H2,1-3H3;1H. The summed E-state index contributed by atoms with van der Waals surface area (Å²) in [6.07, 6.45) is 0.876. The van der Waals surface area contributed by atoms with Gasteiger partial charge in [0.05, 0.1) is 10.2 Å². The minimum atomic E-state index is -0.0195. The first-order valence-corrected chi connectivity index (χ1v) is 9.73. The van der Waals surface area contributed by atoms with Crippen LogP contribution in [0.15, 0.2) is 42.5 Å². The number of carbonyl (C=O) groups excluding carboxylic acids is 1. The van der Waals surface area contributed by atoms with Crippen LogP contribution in [0.3, 0.4) is 0 Å². The van der Waals surface area contributed by atoms with E-state index in [-0.39, 0.29) is 18.3 Å². The van der Waals surface area contributed by atoms with Crippen molar-refractivity contribution in [1.29, 1.82) is 0 Å². The highest BCUT2D eigenvalue weighted by Gasteiger charge is 2.21. The molecule has 3 rings (SSSR count). The Labute approximate surface area is 175 Å². The zero-order chi connectivity index (χ0) is 18.7. The molecule has 0 radical (unpaired) electrons. The molecule has 0 saturated heterocycles. The average molecular weight is 424 g/mol. The molecule has 2 aromatic carbocycles. The SMILES string of the molecule is Cc1ccc(C(=O)N(CCCN(C)C)c2nc3ccc(Cl)cc3s2)cc1.Cl. The van der Waals surface area contributed by atoms with Crippen molar-refractivity contribution in [3.05, 3.63) is 58.6 Å². The van der Waals surface area contributed by atoms with E-state index in [1.807, 2.05) is 63.5 Å². The van der Waals surface area contributed by atoms with Gasteiger partial charge in [-0.2, -0.15) is 0 Å². The molecule has 0 N–H and O–H groups in total. The number of halogens is 2. The van der Waals surface area contributed by atoms with Crippen LogP contribution in [0.2, 0.25) is 5.02 Å². The first kappa shape index (κ1) is 21.6. The molecule has 4 nitrogen and oxygen atoms in total. The highest BCUT2D eigenvalue weighted by Crippen LogP contribution is 2.31. The van der Waals surface area contributed by atoms with Gasteiger partial charge in [-0.1, -0.05) is 40.6 Å². The summed E-state index contributed by atoms with van der Waals surface area (Å²) in [4.78, 5) is 21.7. The fraction of sp³-hybridized carbons (Fsp3) is 0.300. The van der Waals surface area contributed by atoms with Gasteiger partial charge in [-0.05, 0) is 64.3 Å². The van der Waals surface area contributed by atoms with Gasteiger partial charge in [0.2, 0.25) is 0 Å². The summed E-state index contributed by atoms with van der Waals surface area (Å²) in [5, 5.41) is 1.39. The van der Waals surface area contributed by atoms with Gasteiger partial charge >= 0.3 is 0 Å². The second-order valence-electron chi connectivity index (χ2n) is 6.59. The lowest BCUT2D eigenvalue weighted by atomic mass is 10.1. The Bertz CT molecular complexity index is 909. The Kier molecular flexibility index (Phi) is 7.62. The summed E-state index contributed by atoms with van der Waals surface area (Å²) in [6, 6.07) is 13.3. The monoisotopic (exact) mass is 423 g/mol. The second kappa shape index (κ2) is 9.51. The Morgan fingerprint density at radius 1 is 1.11 bits per heavy atom. The predicted molar refractivity (Wildman–Crippen MR) is 118 cm³/mol. The summed E-state index contributed by atoms with van der Waals surface area (Å²) < 4.78 is 0.988. The van der Waals surface area contributed by atoms with Crippen LogP contribution < -0.4 is 4.90 Å². The van der Waals surface area contributed by atoms with Crippen molar-refractivity contribution in [3.63, 3.8) is 0 Å². The molecule has 3 aromatic rings. The van der Waals surface area contributed by atoms with Crippen molar-refractivity contribution in [2.24, 2.45) is 0 Å². The Balaban J connectivity index is 0.00000261. The summed E-state index contributed by atoms with van der Waals surface area (Å²) >= 11 is 7.59. The van der Waals surface area contributed by atoms with E-state index in [9.17, 15) is 4.79 Å². The number of rotatable bonds is 6. The number of thiazole rings is 1. The third kappa shape index (κ3) is 5.42. The molecule has 27 heavy (non-hydrogen) atoms. The second-order valence-corrected chi connectivity index (χ2v) is 8.03. The normalized spacial score (nSPS) is 10.9. The van der Waals surface area contributed by atoms with E-state index in [2.05, 4.69) is 9.88 Å². The Morgan fingerprint density at radius 2 is 1.81 bits per heavy atom. The molecule has 144 valence electrons. The van der Waals surface area contributed by atoms with E-state index in [0.29, 0.717) is 22.3 Å². The molecule has 1 heterocycles. The van der Waals surface area contributed by atoms with Gasteiger partial charge < -0.3 is 4.90 Å². The maximum absolute atomic E-state index is 13.1. The topological polar surface area (TPSA) is 36.4 Å². The van der Waals surface area contributed by atoms with Crippen molar-refractivity contribution in [2.45, 2.75) is 13.3 Å². The number of hydrogen-bond donors (Lipinski definition) is 0. The lowest BCUT2D eigenvalue weighted by Crippen LogP contribution is -2.33. The van der Waals surface area contributed by atoms with Gasteiger partial charge in [-0.25, -0.2) is 4.98 Å². The van der Waals surface area contributed by atoms with Gasteiger partial charge in [0.15, 0.2) is 5.13 Å². The van der Waals surface area contributed by atoms with Crippen molar-refractivity contribution < 1.29 is 4.79 Å². The van der Waals surface area contributed by atoms with E-state index in [0.717, 1.165) is 28.7 Å². The smallest absolute Gasteiger partial charge is 0.260 e. The van der Waals surface area contributed by atoms with Gasteiger partial charge in [-0.3, -0.25) is 9.69 Å². The number of aromatic nitrogens is 1. The van der Waals surface area contributed by atoms with E-state index in [1.165, 1.54) is 11.3 Å². The van der Waals surface area contributed by atoms with Gasteiger partial charge in [0.25, 0.3) is 5.91 Å². The zero-order valence-electron chi connectivity index (χ0n) is 15.6. The molecule has 0 bridgehead atoms. The van der Waals surface area contributed by atoms with Crippen LogP contribution in [0.25, 0.3) is 10.2 Å². The van der Waals surface area contributed by atoms with Crippen LogP contribution in [0.5, 0.6) is 0 Å². The molecule has 0 unspecified atom stereocenters. The first-order valence-electron chi connectivity index (χ1n) is 8.53. The van der Waals surface area contributed by atoms with Crippen LogP contribution in [-0.2, 0) is 0 Å². The highest BCUT2D eigenvalue weighted by molar-refractivity contribution is 7.22.